The Balaban J connectivity index is 1.60. The molecule has 2 aromatic heterocycles. The molecule has 124 valence electrons. The van der Waals surface area contributed by atoms with Crippen molar-refractivity contribution in [2.24, 2.45) is 0 Å². The van der Waals surface area contributed by atoms with E-state index in [2.05, 4.69) is 26.0 Å². The number of anilines is 1. The third-order valence-electron chi connectivity index (χ3n) is 3.25. The van der Waals surface area contributed by atoms with Gasteiger partial charge in [0.05, 0.1) is 16.7 Å². The van der Waals surface area contributed by atoms with Crippen LogP contribution in [-0.4, -0.2) is 36.5 Å². The largest absolute Gasteiger partial charge is 0.360 e. The summed E-state index contributed by atoms with van der Waals surface area (Å²) in [4.78, 5) is 12.2. The Bertz CT molecular complexity index is 816. The number of nitrogens with one attached hydrogen (secondary N) is 1. The fraction of sp³-hybridized carbons (Fsp3) is 0.267. The molecule has 3 rings (SSSR count). The molecule has 0 saturated heterocycles. The second-order valence-corrected chi connectivity index (χ2v) is 6.44. The van der Waals surface area contributed by atoms with E-state index in [4.69, 9.17) is 4.52 Å². The van der Waals surface area contributed by atoms with E-state index >= 15 is 0 Å². The van der Waals surface area contributed by atoms with Gasteiger partial charge in [-0.05, 0) is 36.4 Å². The summed E-state index contributed by atoms with van der Waals surface area (Å²) in [7, 11) is 0. The van der Waals surface area contributed by atoms with E-state index in [-0.39, 0.29) is 11.2 Å². The molecule has 1 N–H and O–H groups in total. The molecule has 0 unspecified atom stereocenters. The highest BCUT2D eigenvalue weighted by molar-refractivity contribution is 7.99. The molecule has 24 heavy (non-hydrogen) atoms. The molecule has 1 aromatic carbocycles. The van der Waals surface area contributed by atoms with Gasteiger partial charge in [-0.1, -0.05) is 23.4 Å². The van der Waals surface area contributed by atoms with Crippen LogP contribution in [0.5, 0.6) is 0 Å². The van der Waals surface area contributed by atoms with E-state index in [9.17, 15) is 4.79 Å². The van der Waals surface area contributed by atoms with Gasteiger partial charge in [-0.3, -0.25) is 4.79 Å². The maximum atomic E-state index is 12.2. The molecule has 3 aromatic rings. The number of nitrogens with zero attached hydrogens (tertiary/aromatic N) is 5. The molecule has 2 heterocycles. The number of carbonyl (C=O) groups excluding carboxylic acids is 1. The number of hydrogen-bond acceptors (Lipinski definition) is 7. The first-order valence-electron chi connectivity index (χ1n) is 7.32. The maximum Gasteiger partial charge on any atom is 0.238 e. The van der Waals surface area contributed by atoms with Gasteiger partial charge < -0.3 is 9.84 Å². The molecule has 0 fully saturated rings. The average molecular weight is 344 g/mol. The first-order chi connectivity index (χ1) is 11.6. The summed E-state index contributed by atoms with van der Waals surface area (Å²) in [5.41, 5.74) is 0.883. The molecule has 9 heteroatoms. The summed E-state index contributed by atoms with van der Waals surface area (Å²) in [6, 6.07) is 11.3. The van der Waals surface area contributed by atoms with E-state index < -0.39 is 0 Å². The Morgan fingerprint density at radius 2 is 2.17 bits per heavy atom. The van der Waals surface area contributed by atoms with Gasteiger partial charge in [0.2, 0.25) is 5.91 Å². The molecule has 0 bridgehead atoms. The lowest BCUT2D eigenvalue weighted by molar-refractivity contribution is -0.115. The van der Waals surface area contributed by atoms with Gasteiger partial charge in [0.25, 0.3) is 0 Å². The lowest BCUT2D eigenvalue weighted by Crippen LogP contribution is -2.23. The van der Waals surface area contributed by atoms with E-state index in [0.717, 1.165) is 5.69 Å². The summed E-state index contributed by atoms with van der Waals surface area (Å²) in [5, 5.41) is 17.9. The van der Waals surface area contributed by atoms with Crippen LogP contribution in [0, 0.1) is 6.92 Å². The first kappa shape index (κ1) is 16.2. The number of para-hydroxylation sites is 1. The molecule has 8 nitrogen and oxygen atoms in total. The van der Waals surface area contributed by atoms with Crippen LogP contribution in [0.1, 0.15) is 18.5 Å². The van der Waals surface area contributed by atoms with Crippen LogP contribution < -0.4 is 5.32 Å². The summed E-state index contributed by atoms with van der Waals surface area (Å²) >= 11 is 1.44. The van der Waals surface area contributed by atoms with Crippen LogP contribution in [0.3, 0.4) is 0 Å². The Morgan fingerprint density at radius 1 is 1.38 bits per heavy atom. The van der Waals surface area contributed by atoms with Gasteiger partial charge in [-0.25, -0.2) is 0 Å². The van der Waals surface area contributed by atoms with Crippen molar-refractivity contribution in [1.82, 2.24) is 25.4 Å². The number of thioether (sulfide) groups is 1. The Labute approximate surface area is 142 Å². The van der Waals surface area contributed by atoms with E-state index in [1.54, 1.807) is 17.7 Å². The van der Waals surface area contributed by atoms with Gasteiger partial charge in [0, 0.05) is 6.07 Å². The quantitative estimate of drug-likeness (QED) is 0.732. The molecular formula is C15H16N6O2S. The molecule has 0 aliphatic carbocycles. The van der Waals surface area contributed by atoms with Gasteiger partial charge in [-0.15, -0.1) is 16.9 Å². The normalized spacial score (nSPS) is 12.1. The number of carbonyl (C=O) groups is 1. The number of amides is 1. The standard InChI is InChI=1S/C15H16N6O2S/c1-10-8-13(18-23-10)16-15(22)11(2)24-9-14-17-19-20-21(14)12-6-4-3-5-7-12/h3-8,11H,9H2,1-2H3,(H,16,18,22)/t11-/m1/s1. The van der Waals surface area contributed by atoms with Gasteiger partial charge in [-0.2, -0.15) is 4.68 Å². The molecule has 0 radical (unpaired) electrons. The summed E-state index contributed by atoms with van der Waals surface area (Å²) in [6.07, 6.45) is 0. The zero-order chi connectivity index (χ0) is 16.9. The molecule has 1 amide bonds. The molecule has 0 saturated carbocycles. The van der Waals surface area contributed by atoms with Crippen LogP contribution in [0.4, 0.5) is 5.82 Å². The van der Waals surface area contributed by atoms with Crippen molar-refractivity contribution >= 4 is 23.5 Å². The predicted octanol–water partition coefficient (Wildman–Crippen LogP) is 2.22. The number of benzene rings is 1. The third kappa shape index (κ3) is 3.80. The summed E-state index contributed by atoms with van der Waals surface area (Å²) < 4.78 is 6.59. The van der Waals surface area contributed by atoms with Gasteiger partial charge in [0.1, 0.15) is 5.76 Å². The minimum atomic E-state index is -0.289. The van der Waals surface area contributed by atoms with Crippen molar-refractivity contribution in [3.8, 4) is 5.69 Å². The first-order valence-corrected chi connectivity index (χ1v) is 8.37. The van der Waals surface area contributed by atoms with Crippen molar-refractivity contribution in [3.63, 3.8) is 0 Å². The fourth-order valence-corrected chi connectivity index (χ4v) is 2.78. The molecule has 0 aliphatic rings. The zero-order valence-corrected chi connectivity index (χ0v) is 14.0. The van der Waals surface area contributed by atoms with Crippen molar-refractivity contribution in [3.05, 3.63) is 48.0 Å². The van der Waals surface area contributed by atoms with E-state index in [1.807, 2.05) is 37.3 Å². The summed E-state index contributed by atoms with van der Waals surface area (Å²) in [6.45, 7) is 3.59. The Morgan fingerprint density at radius 3 is 2.88 bits per heavy atom. The Hall–Kier alpha value is -2.68. The van der Waals surface area contributed by atoms with Crippen LogP contribution in [0.15, 0.2) is 40.9 Å². The van der Waals surface area contributed by atoms with Crippen LogP contribution >= 0.6 is 11.8 Å². The third-order valence-corrected chi connectivity index (χ3v) is 4.38. The number of tetrazole rings is 1. The lowest BCUT2D eigenvalue weighted by Gasteiger charge is -2.10. The maximum absolute atomic E-state index is 12.2. The number of hydrogen-bond donors (Lipinski definition) is 1. The van der Waals surface area contributed by atoms with Gasteiger partial charge in [0.15, 0.2) is 11.6 Å². The van der Waals surface area contributed by atoms with Crippen molar-refractivity contribution in [1.29, 1.82) is 0 Å². The number of rotatable bonds is 6. The molecule has 1 atom stereocenters. The molecule has 0 aliphatic heterocycles. The molecular weight excluding hydrogens is 328 g/mol. The monoisotopic (exact) mass is 344 g/mol. The predicted molar refractivity (Wildman–Crippen MR) is 89.8 cm³/mol. The van der Waals surface area contributed by atoms with E-state index in [1.165, 1.54) is 11.8 Å². The van der Waals surface area contributed by atoms with Crippen LogP contribution in [0.25, 0.3) is 5.69 Å². The van der Waals surface area contributed by atoms with Crippen molar-refractivity contribution in [2.75, 3.05) is 5.32 Å². The van der Waals surface area contributed by atoms with Crippen molar-refractivity contribution < 1.29 is 9.32 Å². The lowest BCUT2D eigenvalue weighted by atomic mass is 10.3. The van der Waals surface area contributed by atoms with Crippen LogP contribution in [0.2, 0.25) is 0 Å². The fourth-order valence-electron chi connectivity index (χ4n) is 1.99. The minimum Gasteiger partial charge on any atom is -0.360 e. The highest BCUT2D eigenvalue weighted by Crippen LogP contribution is 2.19. The number of aromatic nitrogens is 5. The van der Waals surface area contributed by atoms with Crippen molar-refractivity contribution in [2.45, 2.75) is 24.9 Å². The van der Waals surface area contributed by atoms with E-state index in [0.29, 0.717) is 23.2 Å². The molecule has 0 spiro atoms. The smallest absolute Gasteiger partial charge is 0.238 e. The Kier molecular flexibility index (Phi) is 4.90. The van der Waals surface area contributed by atoms with Gasteiger partial charge >= 0.3 is 0 Å². The highest BCUT2D eigenvalue weighted by Gasteiger charge is 2.17. The minimum absolute atomic E-state index is 0.146. The SMILES string of the molecule is Cc1cc(NC(=O)[C@@H](C)SCc2nnnn2-c2ccccc2)no1. The summed E-state index contributed by atoms with van der Waals surface area (Å²) in [5.74, 6) is 2.11. The second-order valence-electron chi connectivity index (χ2n) is 5.11. The highest BCUT2D eigenvalue weighted by atomic mass is 32.2. The number of aryl methyl sites for hydroxylation is 1. The van der Waals surface area contributed by atoms with Crippen LogP contribution in [-0.2, 0) is 10.5 Å². The average Bonchev–Trinajstić information content (AvgIpc) is 3.22. The topological polar surface area (TPSA) is 98.7 Å². The zero-order valence-electron chi connectivity index (χ0n) is 13.2. The second kappa shape index (κ2) is 7.26.